The number of esters is 1. The van der Waals surface area contributed by atoms with E-state index in [2.05, 4.69) is 9.29 Å². The van der Waals surface area contributed by atoms with E-state index < -0.39 is 22.1 Å². The zero-order valence-electron chi connectivity index (χ0n) is 23.9. The standard InChI is InChI=1S/C31H35N3O7S/c1-39-24-9-11-25-22(17-24)16-23(31(36)40-2)19-34-27-18-21(30(35)32-42(37,38)33-12-14-41-15-13-33)8-10-26(27)28(29(25)34)20-6-4-3-5-7-20/h8-11,16-18,20H,3-7,12-15,19H2,1-2H3,(H,32,35). The molecular formula is C31H35N3O7S. The Hall–Kier alpha value is -3.67. The molecule has 1 saturated carbocycles. The molecule has 6 rings (SSSR count). The van der Waals surface area contributed by atoms with Crippen LogP contribution < -0.4 is 9.46 Å². The summed E-state index contributed by atoms with van der Waals surface area (Å²) in [5.41, 5.74) is 5.46. The predicted molar refractivity (Wildman–Crippen MR) is 159 cm³/mol. The first-order chi connectivity index (χ1) is 20.3. The Morgan fingerprint density at radius 3 is 2.48 bits per heavy atom. The van der Waals surface area contributed by atoms with Crippen LogP contribution in [-0.4, -0.2) is 69.7 Å². The lowest BCUT2D eigenvalue weighted by Crippen LogP contribution is -2.48. The Balaban J connectivity index is 1.51. The molecule has 3 aliphatic rings. The summed E-state index contributed by atoms with van der Waals surface area (Å²) in [4.78, 5) is 26.3. The molecule has 1 N–H and O–H groups in total. The first-order valence-electron chi connectivity index (χ1n) is 14.3. The van der Waals surface area contributed by atoms with Gasteiger partial charge in [-0.25, -0.2) is 9.52 Å². The third-order valence-electron chi connectivity index (χ3n) is 8.53. The predicted octanol–water partition coefficient (Wildman–Crippen LogP) is 4.24. The molecule has 2 aliphatic heterocycles. The van der Waals surface area contributed by atoms with E-state index in [4.69, 9.17) is 14.2 Å². The van der Waals surface area contributed by atoms with Crippen LogP contribution in [0.25, 0.3) is 28.2 Å². The van der Waals surface area contributed by atoms with Gasteiger partial charge < -0.3 is 18.8 Å². The fourth-order valence-corrected chi connectivity index (χ4v) is 7.58. The Morgan fingerprint density at radius 1 is 1.00 bits per heavy atom. The minimum absolute atomic E-state index is 0.186. The van der Waals surface area contributed by atoms with E-state index in [1.165, 1.54) is 23.4 Å². The van der Waals surface area contributed by atoms with E-state index in [0.717, 1.165) is 53.4 Å². The van der Waals surface area contributed by atoms with Crippen LogP contribution in [0.1, 0.15) is 59.5 Å². The van der Waals surface area contributed by atoms with Crippen molar-refractivity contribution in [1.82, 2.24) is 13.6 Å². The number of amides is 1. The van der Waals surface area contributed by atoms with Crippen LogP contribution in [0.4, 0.5) is 0 Å². The minimum atomic E-state index is -4.02. The van der Waals surface area contributed by atoms with Gasteiger partial charge in [-0.05, 0) is 66.3 Å². The summed E-state index contributed by atoms with van der Waals surface area (Å²) in [5.74, 6) is -0.157. The molecule has 222 valence electrons. The van der Waals surface area contributed by atoms with Crippen molar-refractivity contribution in [2.75, 3.05) is 40.5 Å². The van der Waals surface area contributed by atoms with Crippen LogP contribution in [-0.2, 0) is 31.0 Å². The maximum atomic E-state index is 13.3. The molecule has 3 aromatic rings. The molecule has 2 aromatic carbocycles. The van der Waals surface area contributed by atoms with Crippen LogP contribution in [0.5, 0.6) is 5.75 Å². The molecule has 10 nitrogen and oxygen atoms in total. The van der Waals surface area contributed by atoms with Crippen molar-refractivity contribution in [1.29, 1.82) is 0 Å². The summed E-state index contributed by atoms with van der Waals surface area (Å²) >= 11 is 0. The molecule has 1 aromatic heterocycles. The number of nitrogens with zero attached hydrogens (tertiary/aromatic N) is 2. The Labute approximate surface area is 245 Å². The number of morpholine rings is 1. The maximum absolute atomic E-state index is 13.3. The van der Waals surface area contributed by atoms with E-state index in [0.29, 0.717) is 17.2 Å². The molecule has 0 unspecified atom stereocenters. The largest absolute Gasteiger partial charge is 0.497 e. The van der Waals surface area contributed by atoms with Gasteiger partial charge in [-0.3, -0.25) is 4.79 Å². The maximum Gasteiger partial charge on any atom is 0.335 e. The van der Waals surface area contributed by atoms with Gasteiger partial charge in [0.1, 0.15) is 5.75 Å². The number of nitrogens with one attached hydrogen (secondary N) is 1. The lowest BCUT2D eigenvalue weighted by atomic mass is 9.81. The van der Waals surface area contributed by atoms with E-state index in [-0.39, 0.29) is 38.4 Å². The second-order valence-corrected chi connectivity index (χ2v) is 12.6. The molecule has 0 bridgehead atoms. The van der Waals surface area contributed by atoms with Crippen molar-refractivity contribution in [3.8, 4) is 17.0 Å². The monoisotopic (exact) mass is 593 g/mol. The third-order valence-corrected chi connectivity index (χ3v) is 10.0. The van der Waals surface area contributed by atoms with E-state index >= 15 is 0 Å². The molecule has 1 saturated heterocycles. The number of ether oxygens (including phenoxy) is 3. The smallest absolute Gasteiger partial charge is 0.335 e. The molecule has 2 fully saturated rings. The fraction of sp³-hybridized carbons (Fsp3) is 0.419. The minimum Gasteiger partial charge on any atom is -0.497 e. The summed E-state index contributed by atoms with van der Waals surface area (Å²) in [6.07, 6.45) is 7.42. The highest BCUT2D eigenvalue weighted by atomic mass is 32.2. The molecule has 0 atom stereocenters. The average molecular weight is 594 g/mol. The molecular weight excluding hydrogens is 558 g/mol. The summed E-state index contributed by atoms with van der Waals surface area (Å²) in [6.45, 7) is 1.17. The highest BCUT2D eigenvalue weighted by molar-refractivity contribution is 7.87. The van der Waals surface area contributed by atoms with Crippen LogP contribution in [0.15, 0.2) is 42.0 Å². The van der Waals surface area contributed by atoms with Gasteiger partial charge in [0.05, 0.1) is 45.2 Å². The normalized spacial score (nSPS) is 18.0. The lowest BCUT2D eigenvalue weighted by molar-refractivity contribution is -0.136. The number of carbonyl (C=O) groups excluding carboxylic acids is 2. The topological polar surface area (TPSA) is 116 Å². The van der Waals surface area contributed by atoms with Crippen molar-refractivity contribution in [2.45, 2.75) is 44.6 Å². The number of rotatable bonds is 6. The highest BCUT2D eigenvalue weighted by Gasteiger charge is 2.32. The van der Waals surface area contributed by atoms with Gasteiger partial charge in [-0.1, -0.05) is 25.3 Å². The van der Waals surface area contributed by atoms with Crippen molar-refractivity contribution in [2.24, 2.45) is 0 Å². The molecule has 42 heavy (non-hydrogen) atoms. The van der Waals surface area contributed by atoms with Crippen molar-refractivity contribution >= 4 is 39.1 Å². The van der Waals surface area contributed by atoms with Gasteiger partial charge in [-0.2, -0.15) is 12.7 Å². The second kappa shape index (κ2) is 11.5. The van der Waals surface area contributed by atoms with Crippen molar-refractivity contribution in [3.05, 3.63) is 58.7 Å². The van der Waals surface area contributed by atoms with Crippen LogP contribution >= 0.6 is 0 Å². The number of benzene rings is 2. The molecule has 1 aliphatic carbocycles. The zero-order valence-corrected chi connectivity index (χ0v) is 24.7. The summed E-state index contributed by atoms with van der Waals surface area (Å²) in [5, 5.41) is 0.998. The number of carbonyl (C=O) groups is 2. The Morgan fingerprint density at radius 2 is 1.76 bits per heavy atom. The number of aromatic nitrogens is 1. The number of fused-ring (bicyclic) bond motifs is 5. The van der Waals surface area contributed by atoms with Gasteiger partial charge in [0.2, 0.25) is 0 Å². The van der Waals surface area contributed by atoms with Crippen LogP contribution in [0.2, 0.25) is 0 Å². The fourth-order valence-electron chi connectivity index (χ4n) is 6.47. The zero-order chi connectivity index (χ0) is 29.4. The first kappa shape index (κ1) is 28.4. The second-order valence-electron chi connectivity index (χ2n) is 11.0. The molecule has 11 heteroatoms. The van der Waals surface area contributed by atoms with Crippen molar-refractivity contribution in [3.63, 3.8) is 0 Å². The van der Waals surface area contributed by atoms with Crippen LogP contribution in [0.3, 0.4) is 0 Å². The van der Waals surface area contributed by atoms with Gasteiger partial charge in [0, 0.05) is 35.1 Å². The molecule has 1 amide bonds. The van der Waals surface area contributed by atoms with E-state index in [1.807, 2.05) is 30.3 Å². The molecule has 0 spiro atoms. The molecule has 3 heterocycles. The van der Waals surface area contributed by atoms with E-state index in [9.17, 15) is 18.0 Å². The van der Waals surface area contributed by atoms with Gasteiger partial charge in [0.25, 0.3) is 5.91 Å². The third kappa shape index (κ3) is 5.21. The number of hydrogen-bond acceptors (Lipinski definition) is 7. The SMILES string of the molecule is COC(=O)C1=Cc2cc(OC)ccc2-c2c(C3CCCCC3)c3ccc(C(=O)NS(=O)(=O)N4CCOCC4)cc3n2C1. The summed E-state index contributed by atoms with van der Waals surface area (Å²) in [7, 11) is -1.05. The summed E-state index contributed by atoms with van der Waals surface area (Å²) < 4.78 is 47.3. The number of hydrogen-bond donors (Lipinski definition) is 1. The highest BCUT2D eigenvalue weighted by Crippen LogP contribution is 2.47. The Bertz CT molecular complexity index is 1680. The Kier molecular flexibility index (Phi) is 7.82. The van der Waals surface area contributed by atoms with E-state index in [1.54, 1.807) is 19.2 Å². The molecule has 0 radical (unpaired) electrons. The van der Waals surface area contributed by atoms with Gasteiger partial charge >= 0.3 is 16.2 Å². The summed E-state index contributed by atoms with van der Waals surface area (Å²) in [6, 6.07) is 11.2. The van der Waals surface area contributed by atoms with Crippen molar-refractivity contribution < 1.29 is 32.2 Å². The first-order valence-corrected chi connectivity index (χ1v) is 15.8. The average Bonchev–Trinajstić information content (AvgIpc) is 3.23. The quantitative estimate of drug-likeness (QED) is 0.425. The van der Waals surface area contributed by atoms with Crippen LogP contribution in [0, 0.1) is 0 Å². The van der Waals surface area contributed by atoms with Gasteiger partial charge in [0.15, 0.2) is 0 Å². The lowest BCUT2D eigenvalue weighted by Gasteiger charge is -2.25. The van der Waals surface area contributed by atoms with Gasteiger partial charge in [-0.15, -0.1) is 0 Å². The number of methoxy groups -OCH3 is 2.